The number of carbonyl (C=O) groups is 2. The van der Waals surface area contributed by atoms with E-state index in [1.54, 1.807) is 0 Å². The van der Waals surface area contributed by atoms with Crippen molar-refractivity contribution in [2.24, 2.45) is 0 Å². The number of rotatable bonds is 2. The zero-order valence-corrected chi connectivity index (χ0v) is 11.9. The fourth-order valence-corrected chi connectivity index (χ4v) is 3.93. The fourth-order valence-electron chi connectivity index (χ4n) is 2.83. The Morgan fingerprint density at radius 2 is 2.25 bits per heavy atom. The molecule has 0 spiro atoms. The molecule has 1 aromatic heterocycles. The molecule has 1 amide bonds. The highest BCUT2D eigenvalue weighted by atomic mass is 32.1. The highest BCUT2D eigenvalue weighted by Gasteiger charge is 2.33. The predicted molar refractivity (Wildman–Crippen MR) is 74.0 cm³/mol. The van der Waals surface area contributed by atoms with Crippen molar-refractivity contribution in [2.45, 2.75) is 38.3 Å². The maximum Gasteiger partial charge on any atom is 0.326 e. The summed E-state index contributed by atoms with van der Waals surface area (Å²) < 4.78 is 5.38. The number of hydrogen-bond acceptors (Lipinski definition) is 4. The largest absolute Gasteiger partial charge is 0.480 e. The van der Waals surface area contributed by atoms with Gasteiger partial charge in [-0.2, -0.15) is 0 Å². The molecule has 0 unspecified atom stereocenters. The van der Waals surface area contributed by atoms with Gasteiger partial charge in [0.25, 0.3) is 5.91 Å². The molecule has 108 valence electrons. The van der Waals surface area contributed by atoms with Crippen molar-refractivity contribution in [3.63, 3.8) is 0 Å². The first-order valence-electron chi connectivity index (χ1n) is 6.90. The van der Waals surface area contributed by atoms with Crippen LogP contribution in [0.5, 0.6) is 0 Å². The summed E-state index contributed by atoms with van der Waals surface area (Å²) in [4.78, 5) is 27.2. The first-order chi connectivity index (χ1) is 9.66. The molecule has 6 heteroatoms. The van der Waals surface area contributed by atoms with Crippen LogP contribution in [0.1, 0.15) is 39.4 Å². The summed E-state index contributed by atoms with van der Waals surface area (Å²) in [6, 6.07) is 1.20. The van der Waals surface area contributed by atoms with Crippen LogP contribution in [-0.2, 0) is 22.6 Å². The van der Waals surface area contributed by atoms with E-state index in [-0.39, 0.29) is 5.91 Å². The van der Waals surface area contributed by atoms with Crippen molar-refractivity contribution in [1.82, 2.24) is 4.90 Å². The van der Waals surface area contributed by atoms with Gasteiger partial charge < -0.3 is 14.7 Å². The molecule has 0 bridgehead atoms. The minimum atomic E-state index is -0.900. The Balaban J connectivity index is 1.83. The number of nitrogens with zero attached hydrogens (tertiary/aromatic N) is 1. The molecular formula is C14H17NO4S. The van der Waals surface area contributed by atoms with Crippen molar-refractivity contribution in [1.29, 1.82) is 0 Å². The Hall–Kier alpha value is -1.40. The molecule has 1 aromatic rings. The lowest BCUT2D eigenvalue weighted by molar-refractivity contribution is -0.143. The van der Waals surface area contributed by atoms with E-state index in [1.807, 2.05) is 6.07 Å². The number of aliphatic carboxylic acids is 1. The fraction of sp³-hybridized carbons (Fsp3) is 0.571. The van der Waals surface area contributed by atoms with Gasteiger partial charge in [0, 0.05) is 17.8 Å². The molecule has 2 aliphatic rings. The van der Waals surface area contributed by atoms with Crippen molar-refractivity contribution in [3.05, 3.63) is 21.4 Å². The summed E-state index contributed by atoms with van der Waals surface area (Å²) in [5.74, 6) is -1.04. The minimum Gasteiger partial charge on any atom is -0.480 e. The number of likely N-dealkylation sites (tertiary alicyclic amines) is 1. The third kappa shape index (κ3) is 2.45. The zero-order chi connectivity index (χ0) is 14.1. The van der Waals surface area contributed by atoms with Crippen LogP contribution in [0.25, 0.3) is 0 Å². The van der Waals surface area contributed by atoms with Crippen molar-refractivity contribution in [3.8, 4) is 0 Å². The third-order valence-corrected chi connectivity index (χ3v) is 5.11. The molecule has 0 aromatic carbocycles. The van der Waals surface area contributed by atoms with Crippen LogP contribution < -0.4 is 0 Å². The number of carbonyl (C=O) groups excluding carboxylic acids is 1. The number of amides is 1. The smallest absolute Gasteiger partial charge is 0.326 e. The normalized spacial score (nSPS) is 22.4. The predicted octanol–water partition coefficient (Wildman–Crippen LogP) is 1.90. The van der Waals surface area contributed by atoms with Crippen LogP contribution in [0.4, 0.5) is 0 Å². The number of piperidine rings is 1. The quantitative estimate of drug-likeness (QED) is 0.905. The van der Waals surface area contributed by atoms with Crippen molar-refractivity contribution >= 4 is 23.2 Å². The number of fused-ring (bicyclic) bond motifs is 1. The summed E-state index contributed by atoms with van der Waals surface area (Å²) >= 11 is 1.49. The molecule has 2 aliphatic heterocycles. The molecule has 0 aliphatic carbocycles. The van der Waals surface area contributed by atoms with Gasteiger partial charge >= 0.3 is 5.97 Å². The first kappa shape index (κ1) is 13.6. The molecule has 0 saturated carbocycles. The summed E-state index contributed by atoms with van der Waals surface area (Å²) in [6.45, 7) is 1.79. The third-order valence-electron chi connectivity index (χ3n) is 3.89. The van der Waals surface area contributed by atoms with Gasteiger partial charge in [0.2, 0.25) is 0 Å². The molecule has 1 fully saturated rings. The van der Waals surface area contributed by atoms with Crippen LogP contribution in [0, 0.1) is 0 Å². The van der Waals surface area contributed by atoms with Crippen LogP contribution in [0.3, 0.4) is 0 Å². The topological polar surface area (TPSA) is 66.8 Å². The van der Waals surface area contributed by atoms with E-state index in [9.17, 15) is 14.7 Å². The maximum absolute atomic E-state index is 12.6. The van der Waals surface area contributed by atoms with E-state index < -0.39 is 12.0 Å². The minimum absolute atomic E-state index is 0.142. The lowest BCUT2D eigenvalue weighted by Crippen LogP contribution is -2.47. The van der Waals surface area contributed by atoms with E-state index in [4.69, 9.17) is 4.74 Å². The van der Waals surface area contributed by atoms with Gasteiger partial charge in [0.15, 0.2) is 0 Å². The van der Waals surface area contributed by atoms with E-state index >= 15 is 0 Å². The molecule has 1 N–H and O–H groups in total. The molecule has 3 rings (SSSR count). The number of ether oxygens (including phenoxy) is 1. The lowest BCUT2D eigenvalue weighted by atomic mass is 10.0. The van der Waals surface area contributed by atoms with Crippen LogP contribution in [-0.4, -0.2) is 41.1 Å². The maximum atomic E-state index is 12.6. The Kier molecular flexibility index (Phi) is 3.76. The highest BCUT2D eigenvalue weighted by molar-refractivity contribution is 7.14. The summed E-state index contributed by atoms with van der Waals surface area (Å²) in [7, 11) is 0. The van der Waals surface area contributed by atoms with Crippen molar-refractivity contribution < 1.29 is 19.4 Å². The highest BCUT2D eigenvalue weighted by Crippen LogP contribution is 2.29. The van der Waals surface area contributed by atoms with E-state index in [0.29, 0.717) is 31.1 Å². The van der Waals surface area contributed by atoms with Gasteiger partial charge in [-0.15, -0.1) is 11.3 Å². The van der Waals surface area contributed by atoms with Gasteiger partial charge in [0.1, 0.15) is 6.04 Å². The Morgan fingerprint density at radius 1 is 1.40 bits per heavy atom. The Labute approximate surface area is 121 Å². The zero-order valence-electron chi connectivity index (χ0n) is 11.1. The molecule has 1 atom stereocenters. The average Bonchev–Trinajstić information content (AvgIpc) is 2.90. The second-order valence-corrected chi connectivity index (χ2v) is 6.35. The van der Waals surface area contributed by atoms with Crippen LogP contribution in [0.2, 0.25) is 0 Å². The number of carboxylic acids is 1. The molecule has 5 nitrogen and oxygen atoms in total. The molecule has 1 saturated heterocycles. The van der Waals surface area contributed by atoms with Gasteiger partial charge in [-0.1, -0.05) is 0 Å². The lowest BCUT2D eigenvalue weighted by Gasteiger charge is -2.32. The Bertz CT molecular complexity index is 516. The van der Waals surface area contributed by atoms with Gasteiger partial charge in [-0.3, -0.25) is 4.79 Å². The summed E-state index contributed by atoms with van der Waals surface area (Å²) in [5, 5.41) is 9.26. The first-order valence-corrected chi connectivity index (χ1v) is 7.71. The van der Waals surface area contributed by atoms with Crippen LogP contribution in [0.15, 0.2) is 6.07 Å². The molecule has 20 heavy (non-hydrogen) atoms. The average molecular weight is 295 g/mol. The summed E-state index contributed by atoms with van der Waals surface area (Å²) in [5.41, 5.74) is 1.08. The van der Waals surface area contributed by atoms with E-state index in [0.717, 1.165) is 24.8 Å². The second kappa shape index (κ2) is 5.54. The van der Waals surface area contributed by atoms with E-state index in [1.165, 1.54) is 21.1 Å². The molecular weight excluding hydrogens is 278 g/mol. The number of thiophene rings is 1. The SMILES string of the molecule is O=C(O)[C@H]1CCCCN1C(=O)c1cc2c(s1)CCOC2. The molecule has 3 heterocycles. The standard InChI is InChI=1S/C14H17NO4S/c16-13(15-5-2-1-3-10(15)14(17)18)12-7-9-8-19-6-4-11(9)20-12/h7,10H,1-6,8H2,(H,17,18)/t10-/m1/s1. The second-order valence-electron chi connectivity index (χ2n) is 5.21. The van der Waals surface area contributed by atoms with Gasteiger partial charge in [-0.25, -0.2) is 4.79 Å². The van der Waals surface area contributed by atoms with E-state index in [2.05, 4.69) is 0 Å². The van der Waals surface area contributed by atoms with Gasteiger partial charge in [-0.05, 0) is 30.9 Å². The number of hydrogen-bond donors (Lipinski definition) is 1. The number of carboxylic acid groups (broad SMARTS) is 1. The monoisotopic (exact) mass is 295 g/mol. The Morgan fingerprint density at radius 3 is 3.00 bits per heavy atom. The van der Waals surface area contributed by atoms with Crippen molar-refractivity contribution in [2.75, 3.05) is 13.2 Å². The molecule has 0 radical (unpaired) electrons. The van der Waals surface area contributed by atoms with Crippen LogP contribution >= 0.6 is 11.3 Å². The summed E-state index contributed by atoms with van der Waals surface area (Å²) in [6.07, 6.45) is 3.14. The van der Waals surface area contributed by atoms with Gasteiger partial charge in [0.05, 0.1) is 18.1 Å².